The Hall–Kier alpha value is -4.69. The summed E-state index contributed by atoms with van der Waals surface area (Å²) < 4.78 is 45.3. The van der Waals surface area contributed by atoms with Crippen LogP contribution < -0.4 is 9.47 Å². The zero-order chi connectivity index (χ0) is 42.2. The van der Waals surface area contributed by atoms with Crippen LogP contribution in [0.2, 0.25) is 0 Å². The van der Waals surface area contributed by atoms with Crippen molar-refractivity contribution in [3.63, 3.8) is 0 Å². The Labute approximate surface area is 349 Å². The topological polar surface area (TPSA) is 152 Å². The van der Waals surface area contributed by atoms with Gasteiger partial charge in [-0.25, -0.2) is 9.59 Å². The summed E-state index contributed by atoms with van der Waals surface area (Å²) in [5.74, 6) is 0.270. The third-order valence-corrected chi connectivity index (χ3v) is 9.87. The van der Waals surface area contributed by atoms with Crippen LogP contribution in [0.4, 0.5) is 0 Å². The summed E-state index contributed by atoms with van der Waals surface area (Å²) >= 11 is 0. The number of H-pyrrole nitrogens is 2. The maximum absolute atomic E-state index is 13.3. The van der Waals surface area contributed by atoms with Gasteiger partial charge in [-0.2, -0.15) is 0 Å². The summed E-state index contributed by atoms with van der Waals surface area (Å²) in [6.07, 6.45) is 8.67. The highest BCUT2D eigenvalue weighted by Gasteiger charge is 2.32. The number of ether oxygens (including phenoxy) is 8. The normalized spacial score (nSPS) is 11.3. The molecule has 13 heteroatoms. The molecule has 0 fully saturated rings. The fourth-order valence-electron chi connectivity index (χ4n) is 6.87. The summed E-state index contributed by atoms with van der Waals surface area (Å²) in [5.41, 5.74) is 7.52. The largest absolute Gasteiger partial charge is 0.491 e. The monoisotopic (exact) mass is 819 g/mol. The molecule has 324 valence electrons. The second-order valence-corrected chi connectivity index (χ2v) is 14.0. The molecule has 0 spiro atoms. The van der Waals surface area contributed by atoms with E-state index in [2.05, 4.69) is 48.7 Å². The fourth-order valence-corrected chi connectivity index (χ4v) is 6.87. The van der Waals surface area contributed by atoms with Gasteiger partial charge >= 0.3 is 11.9 Å². The van der Waals surface area contributed by atoms with Crippen molar-refractivity contribution in [3.8, 4) is 11.5 Å². The van der Waals surface area contributed by atoms with Crippen LogP contribution in [0.1, 0.15) is 119 Å². The Kier molecular flexibility index (Phi) is 21.0. The SMILES string of the molecule is CCCCc1c(C(=O)OCC)[nH]c(C(c2cccc(OCCOCCOCCOCCOCCOc3cccnc3)c2)c2[nH]c(C(=O)OCC)c(CCCC)c2C)c1C. The van der Waals surface area contributed by atoms with Crippen molar-refractivity contribution in [3.05, 3.63) is 99.4 Å². The van der Waals surface area contributed by atoms with E-state index in [0.29, 0.717) is 83.2 Å². The third kappa shape index (κ3) is 14.5. The quantitative estimate of drug-likeness (QED) is 0.0388. The number of nitrogens with one attached hydrogen (secondary N) is 2. The summed E-state index contributed by atoms with van der Waals surface area (Å²) in [6, 6.07) is 11.6. The van der Waals surface area contributed by atoms with E-state index in [1.807, 2.05) is 44.2 Å². The standard InChI is InChI=1S/C46H65N3O10/c1-7-11-18-38-33(5)41(48-43(38)45(50)56-9-3)40(42-34(6)39(19-12-8-2)44(49-42)46(51)57-10-4)35-15-13-16-36(31-35)58-29-27-54-25-23-52-21-22-53-24-26-55-28-30-59-37-17-14-20-47-32-37/h13-17,20,31-32,40,48-49H,7-12,18-19,21-30H2,1-6H3. The minimum Gasteiger partial charge on any atom is -0.491 e. The second kappa shape index (κ2) is 26.4. The van der Waals surface area contributed by atoms with E-state index in [-0.39, 0.29) is 31.1 Å². The molecule has 4 aromatic rings. The lowest BCUT2D eigenvalue weighted by Gasteiger charge is -2.20. The van der Waals surface area contributed by atoms with Gasteiger partial charge in [-0.15, -0.1) is 0 Å². The molecule has 2 N–H and O–H groups in total. The number of hydrogen-bond donors (Lipinski definition) is 2. The lowest BCUT2D eigenvalue weighted by atomic mass is 9.87. The predicted molar refractivity (Wildman–Crippen MR) is 226 cm³/mol. The van der Waals surface area contributed by atoms with E-state index < -0.39 is 0 Å². The minimum atomic E-state index is -0.381. The molecule has 4 rings (SSSR count). The van der Waals surface area contributed by atoms with E-state index in [1.54, 1.807) is 12.4 Å². The molecule has 0 aliphatic heterocycles. The number of rotatable bonds is 30. The van der Waals surface area contributed by atoms with Crippen molar-refractivity contribution >= 4 is 11.9 Å². The van der Waals surface area contributed by atoms with Gasteiger partial charge in [0.05, 0.1) is 78.2 Å². The Morgan fingerprint density at radius 3 is 1.51 bits per heavy atom. The van der Waals surface area contributed by atoms with Gasteiger partial charge < -0.3 is 47.9 Å². The molecule has 0 unspecified atom stereocenters. The molecule has 0 atom stereocenters. The van der Waals surface area contributed by atoms with Crippen LogP contribution in [0.3, 0.4) is 0 Å². The molecule has 13 nitrogen and oxygen atoms in total. The summed E-state index contributed by atoms with van der Waals surface area (Å²) in [7, 11) is 0. The lowest BCUT2D eigenvalue weighted by Crippen LogP contribution is -2.14. The van der Waals surface area contributed by atoms with E-state index in [4.69, 9.17) is 37.9 Å². The van der Waals surface area contributed by atoms with Crippen molar-refractivity contribution in [1.29, 1.82) is 0 Å². The van der Waals surface area contributed by atoms with Gasteiger partial charge in [0, 0.05) is 17.6 Å². The van der Waals surface area contributed by atoms with E-state index in [9.17, 15) is 9.59 Å². The Morgan fingerprint density at radius 2 is 1.07 bits per heavy atom. The number of carbonyl (C=O) groups excluding carboxylic acids is 2. The number of aromatic amines is 2. The van der Waals surface area contributed by atoms with Gasteiger partial charge in [-0.3, -0.25) is 4.98 Å². The summed E-state index contributed by atoms with van der Waals surface area (Å²) in [4.78, 5) is 37.7. The molecule has 0 aliphatic rings. The molecule has 0 radical (unpaired) electrons. The van der Waals surface area contributed by atoms with Crippen LogP contribution in [-0.2, 0) is 41.3 Å². The Bertz CT molecular complexity index is 1750. The second-order valence-electron chi connectivity index (χ2n) is 14.0. The van der Waals surface area contributed by atoms with Crippen molar-refractivity contribution in [1.82, 2.24) is 15.0 Å². The maximum Gasteiger partial charge on any atom is 0.355 e. The van der Waals surface area contributed by atoms with Gasteiger partial charge in [0.2, 0.25) is 0 Å². The van der Waals surface area contributed by atoms with Crippen molar-refractivity contribution in [2.24, 2.45) is 0 Å². The van der Waals surface area contributed by atoms with Crippen LogP contribution in [0.15, 0.2) is 48.8 Å². The van der Waals surface area contributed by atoms with Crippen LogP contribution in [0.5, 0.6) is 11.5 Å². The van der Waals surface area contributed by atoms with Crippen LogP contribution >= 0.6 is 0 Å². The first-order valence-corrected chi connectivity index (χ1v) is 21.2. The van der Waals surface area contributed by atoms with Crippen LogP contribution in [-0.4, -0.2) is 106 Å². The number of hydrogen-bond acceptors (Lipinski definition) is 11. The molecule has 3 heterocycles. The number of esters is 2. The third-order valence-electron chi connectivity index (χ3n) is 9.87. The highest BCUT2D eigenvalue weighted by atomic mass is 16.6. The molecule has 3 aromatic heterocycles. The molecular formula is C46H65N3O10. The Morgan fingerprint density at radius 1 is 0.610 bits per heavy atom. The van der Waals surface area contributed by atoms with Crippen molar-refractivity contribution in [2.75, 3.05) is 79.3 Å². The molecule has 1 aromatic carbocycles. The molecule has 0 aliphatic carbocycles. The van der Waals surface area contributed by atoms with E-state index in [1.165, 1.54) is 0 Å². The van der Waals surface area contributed by atoms with Gasteiger partial charge in [0.15, 0.2) is 0 Å². The molecule has 0 amide bonds. The number of pyridine rings is 1. The molecule has 59 heavy (non-hydrogen) atoms. The lowest BCUT2D eigenvalue weighted by molar-refractivity contribution is -0.00699. The number of nitrogens with zero attached hydrogens (tertiary/aromatic N) is 1. The van der Waals surface area contributed by atoms with Gasteiger partial charge in [0.25, 0.3) is 0 Å². The first-order valence-electron chi connectivity index (χ1n) is 21.2. The molecule has 0 saturated carbocycles. The van der Waals surface area contributed by atoms with Crippen molar-refractivity contribution in [2.45, 2.75) is 86.0 Å². The average molecular weight is 820 g/mol. The number of unbranched alkanes of at least 4 members (excludes halogenated alkanes) is 2. The molecular weight excluding hydrogens is 755 g/mol. The molecule has 0 saturated heterocycles. The smallest absolute Gasteiger partial charge is 0.355 e. The van der Waals surface area contributed by atoms with Gasteiger partial charge in [0.1, 0.15) is 36.1 Å². The average Bonchev–Trinajstić information content (AvgIpc) is 3.74. The van der Waals surface area contributed by atoms with Crippen molar-refractivity contribution < 1.29 is 47.5 Å². The van der Waals surface area contributed by atoms with E-state index >= 15 is 0 Å². The summed E-state index contributed by atoms with van der Waals surface area (Å²) in [6.45, 7) is 17.0. The number of aromatic nitrogens is 3. The zero-order valence-corrected chi connectivity index (χ0v) is 36.0. The first kappa shape index (κ1) is 47.0. The highest BCUT2D eigenvalue weighted by Crippen LogP contribution is 2.40. The van der Waals surface area contributed by atoms with Crippen LogP contribution in [0, 0.1) is 13.8 Å². The fraction of sp³-hybridized carbons (Fsp3) is 0.543. The highest BCUT2D eigenvalue weighted by molar-refractivity contribution is 5.91. The number of carbonyl (C=O) groups is 2. The zero-order valence-electron chi connectivity index (χ0n) is 36.0. The van der Waals surface area contributed by atoms with Gasteiger partial charge in [-0.05, 0) is 105 Å². The Balaban J connectivity index is 1.36. The maximum atomic E-state index is 13.3. The molecule has 0 bridgehead atoms. The van der Waals surface area contributed by atoms with Gasteiger partial charge in [-0.1, -0.05) is 38.8 Å². The minimum absolute atomic E-state index is 0.274. The predicted octanol–water partition coefficient (Wildman–Crippen LogP) is 8.10. The number of benzene rings is 1. The van der Waals surface area contributed by atoms with E-state index in [0.717, 1.165) is 83.5 Å². The first-order chi connectivity index (χ1) is 28.8. The summed E-state index contributed by atoms with van der Waals surface area (Å²) in [5, 5.41) is 0. The van der Waals surface area contributed by atoms with Crippen LogP contribution in [0.25, 0.3) is 0 Å².